The van der Waals surface area contributed by atoms with Crippen LogP contribution in [-0.2, 0) is 23.2 Å². The predicted octanol–water partition coefficient (Wildman–Crippen LogP) is 4.83. The first-order chi connectivity index (χ1) is 14.6. The molecule has 2 aliphatic rings. The standard InChI is InChI=1S/C26H26N2O2/c1-18-23-13-12-20-16-28(15-19-8-4-2-5-9-19)27-25(20)26(23,14-21(17-29)24(18)30)22-10-6-3-7-11-22/h2-11,16-18,23,29H,12-15H2,1H3/t18-,23-,26+/m0/s1. The molecule has 3 aromatic rings. The second-order valence-corrected chi connectivity index (χ2v) is 8.65. The van der Waals surface area contributed by atoms with E-state index in [0.717, 1.165) is 31.3 Å². The third-order valence-corrected chi connectivity index (χ3v) is 7.05. The van der Waals surface area contributed by atoms with Gasteiger partial charge in [0, 0.05) is 23.1 Å². The number of carbonyl (C=O) groups is 1. The maximum atomic E-state index is 12.9. The lowest BCUT2D eigenvalue weighted by molar-refractivity contribution is -0.123. The molecule has 4 nitrogen and oxygen atoms in total. The number of hydrogen-bond donors (Lipinski definition) is 1. The summed E-state index contributed by atoms with van der Waals surface area (Å²) in [6.07, 6.45) is 5.57. The maximum absolute atomic E-state index is 12.9. The average Bonchev–Trinajstić information content (AvgIpc) is 3.20. The second kappa shape index (κ2) is 7.28. The van der Waals surface area contributed by atoms with Gasteiger partial charge in [-0.3, -0.25) is 9.48 Å². The molecule has 0 amide bonds. The molecule has 1 N–H and O–H groups in total. The number of aliphatic hydroxyl groups excluding tert-OH is 1. The van der Waals surface area contributed by atoms with Crippen molar-refractivity contribution >= 4 is 5.78 Å². The van der Waals surface area contributed by atoms with Crippen molar-refractivity contribution < 1.29 is 9.90 Å². The third-order valence-electron chi connectivity index (χ3n) is 7.05. The summed E-state index contributed by atoms with van der Waals surface area (Å²) in [5.74, 6) is 0.0923. The molecule has 1 heterocycles. The topological polar surface area (TPSA) is 55.1 Å². The van der Waals surface area contributed by atoms with Gasteiger partial charge in [-0.25, -0.2) is 0 Å². The summed E-state index contributed by atoms with van der Waals surface area (Å²) < 4.78 is 2.04. The Morgan fingerprint density at radius 1 is 1.13 bits per heavy atom. The van der Waals surface area contributed by atoms with Crippen molar-refractivity contribution in [2.75, 3.05) is 0 Å². The van der Waals surface area contributed by atoms with Gasteiger partial charge in [-0.2, -0.15) is 5.10 Å². The van der Waals surface area contributed by atoms with Crippen molar-refractivity contribution in [2.45, 2.75) is 38.1 Å². The van der Waals surface area contributed by atoms with Gasteiger partial charge in [-0.1, -0.05) is 67.6 Å². The van der Waals surface area contributed by atoms with Crippen LogP contribution in [0.15, 0.2) is 78.7 Å². The number of aromatic nitrogens is 2. The Kier molecular flexibility index (Phi) is 4.58. The zero-order chi connectivity index (χ0) is 20.7. The summed E-state index contributed by atoms with van der Waals surface area (Å²) in [6, 6.07) is 20.8. The Hall–Kier alpha value is -3.14. The Bertz CT molecular complexity index is 1100. The number of aryl methyl sites for hydroxylation is 1. The van der Waals surface area contributed by atoms with Gasteiger partial charge in [0.05, 0.1) is 18.5 Å². The minimum Gasteiger partial charge on any atom is -0.515 e. The van der Waals surface area contributed by atoms with E-state index >= 15 is 0 Å². The second-order valence-electron chi connectivity index (χ2n) is 8.65. The quantitative estimate of drug-likeness (QED) is 0.508. The lowest BCUT2D eigenvalue weighted by Gasteiger charge is -2.49. The summed E-state index contributed by atoms with van der Waals surface area (Å²) in [5.41, 5.74) is 4.83. The Morgan fingerprint density at radius 3 is 2.53 bits per heavy atom. The van der Waals surface area contributed by atoms with E-state index in [-0.39, 0.29) is 17.6 Å². The lowest BCUT2D eigenvalue weighted by Crippen LogP contribution is -2.50. The van der Waals surface area contributed by atoms with Crippen LogP contribution in [-0.4, -0.2) is 20.7 Å². The van der Waals surface area contributed by atoms with E-state index < -0.39 is 5.41 Å². The van der Waals surface area contributed by atoms with Crippen molar-refractivity contribution in [3.05, 3.63) is 101 Å². The highest BCUT2D eigenvalue weighted by Gasteiger charge is 2.55. The number of fused-ring (bicyclic) bond motifs is 3. The number of benzene rings is 2. The molecule has 1 aromatic heterocycles. The van der Waals surface area contributed by atoms with E-state index in [0.29, 0.717) is 12.0 Å². The number of carbonyl (C=O) groups excluding carboxylic acids is 1. The summed E-state index contributed by atoms with van der Waals surface area (Å²) >= 11 is 0. The number of nitrogens with zero attached hydrogens (tertiary/aromatic N) is 2. The monoisotopic (exact) mass is 398 g/mol. The third kappa shape index (κ3) is 2.82. The first-order valence-electron chi connectivity index (χ1n) is 10.7. The smallest absolute Gasteiger partial charge is 0.165 e. The van der Waals surface area contributed by atoms with Gasteiger partial charge in [0.1, 0.15) is 0 Å². The molecule has 2 aromatic carbocycles. The molecule has 5 rings (SSSR count). The summed E-state index contributed by atoms with van der Waals surface area (Å²) in [5, 5.41) is 15.0. The number of rotatable bonds is 3. The number of ketones is 1. The molecule has 2 aliphatic carbocycles. The van der Waals surface area contributed by atoms with Gasteiger partial charge >= 0.3 is 0 Å². The molecule has 3 atom stereocenters. The normalized spacial score (nSPS) is 27.0. The van der Waals surface area contributed by atoms with E-state index in [2.05, 4.69) is 42.6 Å². The molecule has 0 spiro atoms. The van der Waals surface area contributed by atoms with Crippen LogP contribution in [0.1, 0.15) is 42.1 Å². The van der Waals surface area contributed by atoms with Crippen LogP contribution in [0.4, 0.5) is 0 Å². The highest BCUT2D eigenvalue weighted by Crippen LogP contribution is 2.55. The van der Waals surface area contributed by atoms with Crippen LogP contribution in [0.5, 0.6) is 0 Å². The molecule has 1 fully saturated rings. The van der Waals surface area contributed by atoms with Crippen LogP contribution in [0.3, 0.4) is 0 Å². The van der Waals surface area contributed by atoms with Crippen molar-refractivity contribution in [2.24, 2.45) is 11.8 Å². The number of hydrogen-bond acceptors (Lipinski definition) is 3. The van der Waals surface area contributed by atoms with Crippen molar-refractivity contribution in [3.63, 3.8) is 0 Å². The fraction of sp³-hybridized carbons (Fsp3) is 0.308. The van der Waals surface area contributed by atoms with Crippen LogP contribution in [0.25, 0.3) is 0 Å². The molecule has 30 heavy (non-hydrogen) atoms. The minimum absolute atomic E-state index is 0.0706. The molecule has 4 heteroatoms. The first-order valence-corrected chi connectivity index (χ1v) is 10.7. The van der Waals surface area contributed by atoms with Gasteiger partial charge in [0.15, 0.2) is 5.78 Å². The van der Waals surface area contributed by atoms with Crippen molar-refractivity contribution in [1.82, 2.24) is 9.78 Å². The van der Waals surface area contributed by atoms with Crippen LogP contribution in [0, 0.1) is 11.8 Å². The molecule has 1 saturated carbocycles. The zero-order valence-corrected chi connectivity index (χ0v) is 17.2. The van der Waals surface area contributed by atoms with Crippen molar-refractivity contribution in [3.8, 4) is 0 Å². The highest BCUT2D eigenvalue weighted by atomic mass is 16.2. The van der Waals surface area contributed by atoms with E-state index in [1.807, 2.05) is 35.9 Å². The van der Waals surface area contributed by atoms with E-state index in [4.69, 9.17) is 5.10 Å². The summed E-state index contributed by atoms with van der Waals surface area (Å²) in [7, 11) is 0. The number of aliphatic hydroxyl groups is 1. The zero-order valence-electron chi connectivity index (χ0n) is 17.2. The average molecular weight is 399 g/mol. The van der Waals surface area contributed by atoms with E-state index in [9.17, 15) is 9.90 Å². The summed E-state index contributed by atoms with van der Waals surface area (Å²) in [4.78, 5) is 12.9. The summed E-state index contributed by atoms with van der Waals surface area (Å²) in [6.45, 7) is 2.74. The van der Waals surface area contributed by atoms with E-state index in [1.54, 1.807) is 0 Å². The van der Waals surface area contributed by atoms with Gasteiger partial charge in [0.2, 0.25) is 0 Å². The Balaban J connectivity index is 1.67. The molecular formula is C26H26N2O2. The Labute approximate surface area is 176 Å². The first kappa shape index (κ1) is 18.9. The molecular weight excluding hydrogens is 372 g/mol. The predicted molar refractivity (Wildman–Crippen MR) is 116 cm³/mol. The molecule has 0 unspecified atom stereocenters. The molecule has 0 aliphatic heterocycles. The minimum atomic E-state index is -0.390. The Morgan fingerprint density at radius 2 is 1.83 bits per heavy atom. The van der Waals surface area contributed by atoms with Crippen LogP contribution >= 0.6 is 0 Å². The number of allylic oxidation sites excluding steroid dienone is 1. The van der Waals surface area contributed by atoms with Gasteiger partial charge < -0.3 is 5.11 Å². The molecule has 0 radical (unpaired) electrons. The highest BCUT2D eigenvalue weighted by molar-refractivity contribution is 5.98. The van der Waals surface area contributed by atoms with Crippen molar-refractivity contribution in [1.29, 1.82) is 0 Å². The lowest BCUT2D eigenvalue weighted by atomic mass is 9.52. The largest absolute Gasteiger partial charge is 0.515 e. The van der Waals surface area contributed by atoms with Gasteiger partial charge in [-0.15, -0.1) is 0 Å². The van der Waals surface area contributed by atoms with Gasteiger partial charge in [-0.05, 0) is 41.9 Å². The molecule has 0 bridgehead atoms. The fourth-order valence-corrected chi connectivity index (χ4v) is 5.66. The SMILES string of the molecule is C[C@@H]1C(=O)C(=CO)C[C@]2(c3ccccc3)c3nn(Cc4ccccc4)cc3CC[C@@H]12. The molecule has 0 saturated heterocycles. The van der Waals surface area contributed by atoms with E-state index in [1.165, 1.54) is 16.7 Å². The fourth-order valence-electron chi connectivity index (χ4n) is 5.66. The molecule has 152 valence electrons. The maximum Gasteiger partial charge on any atom is 0.165 e. The van der Waals surface area contributed by atoms with Crippen LogP contribution in [0.2, 0.25) is 0 Å². The van der Waals surface area contributed by atoms with Gasteiger partial charge in [0.25, 0.3) is 0 Å². The number of Topliss-reactive ketones (excluding diaryl/α,β-unsaturated/α-hetero) is 1. The van der Waals surface area contributed by atoms with Crippen LogP contribution < -0.4 is 0 Å².